The number of nitrogens with one attached hydrogen (secondary N) is 1. The van der Waals surface area contributed by atoms with Crippen LogP contribution in [0.4, 0.5) is 0 Å². The summed E-state index contributed by atoms with van der Waals surface area (Å²) >= 11 is 0. The van der Waals surface area contributed by atoms with Gasteiger partial charge in [0.2, 0.25) is 0 Å². The van der Waals surface area contributed by atoms with Crippen molar-refractivity contribution in [3.8, 4) is 0 Å². The van der Waals surface area contributed by atoms with Crippen LogP contribution >= 0.6 is 24.0 Å². The molecule has 2 heterocycles. The average molecular weight is 529 g/mol. The molecule has 1 aromatic carbocycles. The fourth-order valence-corrected chi connectivity index (χ4v) is 4.42. The van der Waals surface area contributed by atoms with E-state index in [-0.39, 0.29) is 24.0 Å². The standard InChI is InChI=1S/C24H40N4O.HI/c1-20-8-14-28(15-9-20)19-23-7-5-4-6-22(23)18-26-24(25-2)27(3)13-10-21-11-16-29-17-12-21;/h4-7,20-21H,8-19H2,1-3H3,(H,25,26);1H. The van der Waals surface area contributed by atoms with Crippen molar-refractivity contribution < 1.29 is 4.74 Å². The first-order chi connectivity index (χ1) is 14.2. The molecule has 0 unspecified atom stereocenters. The maximum absolute atomic E-state index is 5.48. The SMILES string of the molecule is CN=C(NCc1ccccc1CN1CCC(C)CC1)N(C)CCC1CCOCC1.I. The summed E-state index contributed by atoms with van der Waals surface area (Å²) in [6.07, 6.45) is 6.26. The second kappa shape index (κ2) is 13.5. The average Bonchev–Trinajstić information content (AvgIpc) is 2.76. The second-order valence-corrected chi connectivity index (χ2v) is 8.89. The summed E-state index contributed by atoms with van der Waals surface area (Å²) in [5.74, 6) is 2.65. The predicted octanol–water partition coefficient (Wildman–Crippen LogP) is 4.36. The van der Waals surface area contributed by atoms with Crippen molar-refractivity contribution in [1.82, 2.24) is 15.1 Å². The van der Waals surface area contributed by atoms with Gasteiger partial charge < -0.3 is 15.0 Å². The molecule has 2 fully saturated rings. The van der Waals surface area contributed by atoms with E-state index in [2.05, 4.69) is 58.3 Å². The maximum Gasteiger partial charge on any atom is 0.193 e. The molecule has 2 aliphatic rings. The number of hydrogen-bond donors (Lipinski definition) is 1. The summed E-state index contributed by atoms with van der Waals surface area (Å²) < 4.78 is 5.48. The molecule has 2 aliphatic heterocycles. The van der Waals surface area contributed by atoms with Crippen LogP contribution in [0.2, 0.25) is 0 Å². The Hall–Kier alpha value is -0.860. The first kappa shape index (κ1) is 25.4. The number of benzene rings is 1. The van der Waals surface area contributed by atoms with Gasteiger partial charge in [-0.25, -0.2) is 0 Å². The molecule has 6 heteroatoms. The fourth-order valence-electron chi connectivity index (χ4n) is 4.42. The van der Waals surface area contributed by atoms with Crippen molar-refractivity contribution in [3.63, 3.8) is 0 Å². The van der Waals surface area contributed by atoms with Crippen LogP contribution in [0.5, 0.6) is 0 Å². The summed E-state index contributed by atoms with van der Waals surface area (Å²) in [5, 5.41) is 3.59. The topological polar surface area (TPSA) is 40.1 Å². The van der Waals surface area contributed by atoms with E-state index in [0.717, 1.165) is 50.6 Å². The van der Waals surface area contributed by atoms with Gasteiger partial charge in [-0.15, -0.1) is 24.0 Å². The van der Waals surface area contributed by atoms with E-state index in [0.29, 0.717) is 0 Å². The molecular formula is C24H41IN4O. The van der Waals surface area contributed by atoms with Gasteiger partial charge in [-0.05, 0) is 68.2 Å². The summed E-state index contributed by atoms with van der Waals surface area (Å²) in [6, 6.07) is 8.85. The van der Waals surface area contributed by atoms with Gasteiger partial charge in [0, 0.05) is 46.9 Å². The van der Waals surface area contributed by atoms with E-state index < -0.39 is 0 Å². The highest BCUT2D eigenvalue weighted by atomic mass is 127. The maximum atomic E-state index is 5.48. The van der Waals surface area contributed by atoms with Crippen LogP contribution in [0, 0.1) is 11.8 Å². The fraction of sp³-hybridized carbons (Fsp3) is 0.708. The molecule has 3 rings (SSSR count). The normalized spacial score (nSPS) is 19.4. The van der Waals surface area contributed by atoms with Gasteiger partial charge in [0.1, 0.15) is 0 Å². The smallest absolute Gasteiger partial charge is 0.193 e. The molecule has 0 atom stereocenters. The molecular weight excluding hydrogens is 487 g/mol. The largest absolute Gasteiger partial charge is 0.381 e. The molecule has 0 amide bonds. The number of piperidine rings is 1. The molecule has 0 aromatic heterocycles. The minimum atomic E-state index is 0. The van der Waals surface area contributed by atoms with Crippen molar-refractivity contribution in [2.24, 2.45) is 16.8 Å². The van der Waals surface area contributed by atoms with Crippen LogP contribution in [0.1, 0.15) is 50.2 Å². The van der Waals surface area contributed by atoms with E-state index in [9.17, 15) is 0 Å². The first-order valence-electron chi connectivity index (χ1n) is 11.4. The van der Waals surface area contributed by atoms with Crippen molar-refractivity contribution in [2.75, 3.05) is 46.9 Å². The number of hydrogen-bond acceptors (Lipinski definition) is 3. The molecule has 170 valence electrons. The summed E-state index contributed by atoms with van der Waals surface area (Å²) in [5.41, 5.74) is 2.82. The van der Waals surface area contributed by atoms with E-state index >= 15 is 0 Å². The van der Waals surface area contributed by atoms with E-state index in [4.69, 9.17) is 4.74 Å². The molecule has 2 saturated heterocycles. The van der Waals surface area contributed by atoms with E-state index in [1.807, 2.05) is 7.05 Å². The number of ether oxygens (including phenoxy) is 1. The molecule has 0 radical (unpaired) electrons. The molecule has 0 aliphatic carbocycles. The Balaban J connectivity index is 0.00000320. The lowest BCUT2D eigenvalue weighted by atomic mass is 9.96. The zero-order valence-electron chi connectivity index (χ0n) is 19.1. The summed E-state index contributed by atoms with van der Waals surface area (Å²) in [4.78, 5) is 9.39. The van der Waals surface area contributed by atoms with Crippen LogP contribution in [-0.4, -0.2) is 62.7 Å². The lowest BCUT2D eigenvalue weighted by Gasteiger charge is -2.31. The van der Waals surface area contributed by atoms with Gasteiger partial charge in [0.05, 0.1) is 0 Å². The minimum Gasteiger partial charge on any atom is -0.381 e. The Kier molecular flexibility index (Phi) is 11.5. The van der Waals surface area contributed by atoms with Gasteiger partial charge in [-0.2, -0.15) is 0 Å². The van der Waals surface area contributed by atoms with Crippen LogP contribution in [-0.2, 0) is 17.8 Å². The molecule has 0 bridgehead atoms. The second-order valence-electron chi connectivity index (χ2n) is 8.89. The van der Waals surface area contributed by atoms with Crippen molar-refractivity contribution in [3.05, 3.63) is 35.4 Å². The van der Waals surface area contributed by atoms with Gasteiger partial charge >= 0.3 is 0 Å². The molecule has 5 nitrogen and oxygen atoms in total. The molecule has 1 N–H and O–H groups in total. The highest BCUT2D eigenvalue weighted by molar-refractivity contribution is 14.0. The van der Waals surface area contributed by atoms with E-state index in [1.54, 1.807) is 0 Å². The van der Waals surface area contributed by atoms with Crippen molar-refractivity contribution >= 4 is 29.9 Å². The summed E-state index contributed by atoms with van der Waals surface area (Å²) in [7, 11) is 4.03. The number of rotatable bonds is 7. The Morgan fingerprint density at radius 2 is 1.80 bits per heavy atom. The Labute approximate surface area is 200 Å². The number of aliphatic imine (C=N–C) groups is 1. The monoisotopic (exact) mass is 528 g/mol. The third kappa shape index (κ3) is 8.00. The number of likely N-dealkylation sites (tertiary alicyclic amines) is 1. The van der Waals surface area contributed by atoms with Gasteiger partial charge in [0.15, 0.2) is 5.96 Å². The Morgan fingerprint density at radius 3 is 2.47 bits per heavy atom. The minimum absolute atomic E-state index is 0. The Bertz CT molecular complexity index is 640. The van der Waals surface area contributed by atoms with Crippen molar-refractivity contribution in [2.45, 2.75) is 52.1 Å². The highest BCUT2D eigenvalue weighted by Crippen LogP contribution is 2.20. The lowest BCUT2D eigenvalue weighted by molar-refractivity contribution is 0.0625. The van der Waals surface area contributed by atoms with Gasteiger partial charge in [-0.3, -0.25) is 9.89 Å². The third-order valence-electron chi connectivity index (χ3n) is 6.61. The van der Waals surface area contributed by atoms with Gasteiger partial charge in [-0.1, -0.05) is 31.2 Å². The van der Waals surface area contributed by atoms with Crippen LogP contribution in [0.15, 0.2) is 29.3 Å². The zero-order chi connectivity index (χ0) is 20.5. The van der Waals surface area contributed by atoms with Crippen LogP contribution < -0.4 is 5.32 Å². The molecule has 0 saturated carbocycles. The number of nitrogens with zero attached hydrogens (tertiary/aromatic N) is 3. The molecule has 30 heavy (non-hydrogen) atoms. The lowest BCUT2D eigenvalue weighted by Crippen LogP contribution is -2.40. The number of halogens is 1. The number of guanidine groups is 1. The zero-order valence-corrected chi connectivity index (χ0v) is 21.4. The quantitative estimate of drug-likeness (QED) is 0.325. The first-order valence-corrected chi connectivity index (χ1v) is 11.4. The molecule has 1 aromatic rings. The van der Waals surface area contributed by atoms with Crippen LogP contribution in [0.25, 0.3) is 0 Å². The predicted molar refractivity (Wildman–Crippen MR) is 137 cm³/mol. The summed E-state index contributed by atoms with van der Waals surface area (Å²) in [6.45, 7) is 9.59. The van der Waals surface area contributed by atoms with Gasteiger partial charge in [0.25, 0.3) is 0 Å². The van der Waals surface area contributed by atoms with Crippen LogP contribution in [0.3, 0.4) is 0 Å². The van der Waals surface area contributed by atoms with E-state index in [1.165, 1.54) is 56.3 Å². The highest BCUT2D eigenvalue weighted by Gasteiger charge is 2.18. The Morgan fingerprint density at radius 1 is 1.13 bits per heavy atom. The third-order valence-corrected chi connectivity index (χ3v) is 6.61. The molecule has 0 spiro atoms. The van der Waals surface area contributed by atoms with Crippen molar-refractivity contribution in [1.29, 1.82) is 0 Å².